The summed E-state index contributed by atoms with van der Waals surface area (Å²) in [5.41, 5.74) is 3.40. The Balaban J connectivity index is 1.74. The second-order valence-corrected chi connectivity index (χ2v) is 7.83. The van der Waals surface area contributed by atoms with Crippen molar-refractivity contribution in [3.8, 4) is 17.1 Å². The number of hydrogen-bond acceptors (Lipinski definition) is 3. The van der Waals surface area contributed by atoms with Gasteiger partial charge in [0.1, 0.15) is 0 Å². The molecule has 7 heteroatoms. The number of nitrogens with zero attached hydrogens (tertiary/aromatic N) is 3. The summed E-state index contributed by atoms with van der Waals surface area (Å²) < 4.78 is 2.60. The Morgan fingerprint density at radius 3 is 2.28 bits per heavy atom. The zero-order valence-corrected chi connectivity index (χ0v) is 17.8. The number of benzene rings is 3. The van der Waals surface area contributed by atoms with E-state index in [0.29, 0.717) is 16.5 Å². The van der Waals surface area contributed by atoms with Crippen LogP contribution in [0.15, 0.2) is 77.3 Å². The molecule has 0 saturated heterocycles. The van der Waals surface area contributed by atoms with Gasteiger partial charge in [-0.25, -0.2) is 9.67 Å². The Hall–Kier alpha value is -2.96. The smallest absolute Gasteiger partial charge is 0.295 e. The van der Waals surface area contributed by atoms with Crippen LogP contribution in [0.4, 0.5) is 5.69 Å². The second-order valence-electron chi connectivity index (χ2n) is 6.47. The quantitative estimate of drug-likeness (QED) is 0.406. The second kappa shape index (κ2) is 8.19. The third kappa shape index (κ3) is 4.39. The minimum absolute atomic E-state index is 0.0819. The topological polar surface area (TPSA) is 59.8 Å². The number of aromatic nitrogens is 3. The molecule has 0 bridgehead atoms. The van der Waals surface area contributed by atoms with Gasteiger partial charge in [-0.2, -0.15) is 0 Å². The number of carbonyl (C=O) groups excluding carboxylic acids is 1. The maximum Gasteiger partial charge on any atom is 0.295 e. The van der Waals surface area contributed by atoms with E-state index in [9.17, 15) is 4.79 Å². The van der Waals surface area contributed by atoms with Crippen molar-refractivity contribution in [2.45, 2.75) is 6.92 Å². The fraction of sp³-hybridized carbons (Fsp3) is 0.0455. The molecule has 1 amide bonds. The predicted molar refractivity (Wildman–Crippen MR) is 119 cm³/mol. The molecule has 3 aromatic carbocycles. The molecule has 1 N–H and O–H groups in total. The van der Waals surface area contributed by atoms with E-state index in [4.69, 9.17) is 11.6 Å². The molecule has 4 aromatic rings. The molecule has 1 heterocycles. The van der Waals surface area contributed by atoms with Crippen LogP contribution in [-0.4, -0.2) is 20.7 Å². The van der Waals surface area contributed by atoms with Crippen LogP contribution in [0.5, 0.6) is 0 Å². The fourth-order valence-electron chi connectivity index (χ4n) is 2.78. The summed E-state index contributed by atoms with van der Waals surface area (Å²) in [6, 6.07) is 22.5. The highest BCUT2D eigenvalue weighted by Gasteiger charge is 2.19. The molecule has 29 heavy (non-hydrogen) atoms. The molecule has 0 aliphatic heterocycles. The molecule has 5 nitrogen and oxygen atoms in total. The zero-order valence-electron chi connectivity index (χ0n) is 15.4. The average molecular weight is 468 g/mol. The summed E-state index contributed by atoms with van der Waals surface area (Å²) in [6.07, 6.45) is 0. The lowest BCUT2D eigenvalue weighted by Gasteiger charge is -2.06. The lowest BCUT2D eigenvalue weighted by molar-refractivity contribution is 0.101. The van der Waals surface area contributed by atoms with Crippen molar-refractivity contribution in [1.29, 1.82) is 0 Å². The number of nitrogens with one attached hydrogen (secondary N) is 1. The summed E-state index contributed by atoms with van der Waals surface area (Å²) in [5, 5.41) is 7.92. The van der Waals surface area contributed by atoms with Crippen molar-refractivity contribution in [3.63, 3.8) is 0 Å². The van der Waals surface area contributed by atoms with E-state index < -0.39 is 0 Å². The van der Waals surface area contributed by atoms with Gasteiger partial charge in [-0.1, -0.05) is 57.4 Å². The van der Waals surface area contributed by atoms with Crippen molar-refractivity contribution >= 4 is 39.1 Å². The van der Waals surface area contributed by atoms with Gasteiger partial charge in [-0.05, 0) is 55.5 Å². The molecule has 144 valence electrons. The molecular formula is C22H16BrClN4O. The average Bonchev–Trinajstić information content (AvgIpc) is 3.16. The number of aryl methyl sites for hydroxylation is 1. The van der Waals surface area contributed by atoms with Gasteiger partial charge in [0.2, 0.25) is 5.82 Å². The Morgan fingerprint density at radius 1 is 0.966 bits per heavy atom. The molecule has 0 atom stereocenters. The van der Waals surface area contributed by atoms with E-state index in [0.717, 1.165) is 21.3 Å². The largest absolute Gasteiger partial charge is 0.319 e. The van der Waals surface area contributed by atoms with Crippen LogP contribution in [0.2, 0.25) is 5.02 Å². The van der Waals surface area contributed by atoms with Crippen molar-refractivity contribution in [1.82, 2.24) is 14.8 Å². The van der Waals surface area contributed by atoms with Crippen molar-refractivity contribution < 1.29 is 4.79 Å². The number of rotatable bonds is 4. The van der Waals surface area contributed by atoms with Crippen molar-refractivity contribution in [3.05, 3.63) is 93.7 Å². The van der Waals surface area contributed by atoms with Gasteiger partial charge in [0.25, 0.3) is 5.91 Å². The van der Waals surface area contributed by atoms with E-state index in [-0.39, 0.29) is 11.7 Å². The molecule has 0 radical (unpaired) electrons. The third-order valence-electron chi connectivity index (χ3n) is 4.29. The maximum absolute atomic E-state index is 12.8. The summed E-state index contributed by atoms with van der Waals surface area (Å²) >= 11 is 9.45. The van der Waals surface area contributed by atoms with Gasteiger partial charge in [-0.15, -0.1) is 5.10 Å². The van der Waals surface area contributed by atoms with E-state index in [1.54, 1.807) is 16.8 Å². The van der Waals surface area contributed by atoms with Crippen LogP contribution in [0, 0.1) is 6.92 Å². The summed E-state index contributed by atoms with van der Waals surface area (Å²) in [4.78, 5) is 17.3. The highest BCUT2D eigenvalue weighted by molar-refractivity contribution is 9.10. The van der Waals surface area contributed by atoms with Gasteiger partial charge in [-0.3, -0.25) is 4.79 Å². The Kier molecular flexibility index (Phi) is 5.47. The van der Waals surface area contributed by atoms with Crippen LogP contribution in [-0.2, 0) is 0 Å². The standard InChI is InChI=1S/C22H16BrClN4O/c1-14-2-10-18(11-3-14)25-22(29)20-26-21(15-4-6-16(23)7-5-15)28(27-20)19-12-8-17(24)9-13-19/h2-13H,1H3,(H,25,29). The van der Waals surface area contributed by atoms with Gasteiger partial charge >= 0.3 is 0 Å². The summed E-state index contributed by atoms with van der Waals surface area (Å²) in [6.45, 7) is 1.99. The highest BCUT2D eigenvalue weighted by atomic mass is 79.9. The first-order valence-corrected chi connectivity index (χ1v) is 10.0. The minimum Gasteiger partial charge on any atom is -0.319 e. The molecule has 0 saturated carbocycles. The van der Waals surface area contributed by atoms with Crippen LogP contribution in [0.3, 0.4) is 0 Å². The van der Waals surface area contributed by atoms with Crippen LogP contribution in [0.1, 0.15) is 16.2 Å². The maximum atomic E-state index is 12.8. The number of halogens is 2. The van der Waals surface area contributed by atoms with E-state index in [1.807, 2.05) is 67.6 Å². The molecule has 1 aromatic heterocycles. The molecule has 4 rings (SSSR count). The van der Waals surface area contributed by atoms with Crippen molar-refractivity contribution in [2.75, 3.05) is 5.32 Å². The predicted octanol–water partition coefficient (Wildman–Crippen LogP) is 5.91. The Morgan fingerprint density at radius 2 is 1.62 bits per heavy atom. The van der Waals surface area contributed by atoms with Crippen LogP contribution < -0.4 is 5.32 Å². The lowest BCUT2D eigenvalue weighted by atomic mass is 10.2. The van der Waals surface area contributed by atoms with Gasteiger partial charge in [0, 0.05) is 20.7 Å². The van der Waals surface area contributed by atoms with E-state index >= 15 is 0 Å². The number of hydrogen-bond donors (Lipinski definition) is 1. The molecule has 0 fully saturated rings. The lowest BCUT2D eigenvalue weighted by Crippen LogP contribution is -2.14. The van der Waals surface area contributed by atoms with Gasteiger partial charge in [0.05, 0.1) is 5.69 Å². The first-order chi connectivity index (χ1) is 14.0. The monoisotopic (exact) mass is 466 g/mol. The summed E-state index contributed by atoms with van der Waals surface area (Å²) in [7, 11) is 0. The normalized spacial score (nSPS) is 10.7. The molecule has 0 unspecified atom stereocenters. The molecule has 0 spiro atoms. The first kappa shape index (κ1) is 19.4. The number of amides is 1. The summed E-state index contributed by atoms with van der Waals surface area (Å²) in [5.74, 6) is 0.271. The van der Waals surface area contributed by atoms with Crippen LogP contribution >= 0.6 is 27.5 Å². The Labute approximate surface area is 181 Å². The fourth-order valence-corrected chi connectivity index (χ4v) is 3.17. The highest BCUT2D eigenvalue weighted by Crippen LogP contribution is 2.24. The van der Waals surface area contributed by atoms with Crippen molar-refractivity contribution in [2.24, 2.45) is 0 Å². The third-order valence-corrected chi connectivity index (χ3v) is 5.07. The van der Waals surface area contributed by atoms with Gasteiger partial charge in [0.15, 0.2) is 5.82 Å². The minimum atomic E-state index is -0.375. The molecule has 0 aliphatic carbocycles. The molecule has 0 aliphatic rings. The van der Waals surface area contributed by atoms with E-state index in [2.05, 4.69) is 31.3 Å². The number of anilines is 1. The first-order valence-electron chi connectivity index (χ1n) is 8.86. The number of carbonyl (C=O) groups is 1. The van der Waals surface area contributed by atoms with Crippen LogP contribution in [0.25, 0.3) is 17.1 Å². The molecular weight excluding hydrogens is 452 g/mol. The Bertz CT molecular complexity index is 1090. The van der Waals surface area contributed by atoms with Gasteiger partial charge < -0.3 is 5.32 Å². The zero-order chi connectivity index (χ0) is 20.4. The van der Waals surface area contributed by atoms with E-state index in [1.165, 1.54) is 0 Å². The SMILES string of the molecule is Cc1ccc(NC(=O)c2nc(-c3ccc(Br)cc3)n(-c3ccc(Cl)cc3)n2)cc1.